The summed E-state index contributed by atoms with van der Waals surface area (Å²) in [6.07, 6.45) is 1.68. The molecule has 1 heterocycles. The molecular weight excluding hydrogens is 324 g/mol. The van der Waals surface area contributed by atoms with Crippen LogP contribution in [0.15, 0.2) is 23.1 Å². The van der Waals surface area contributed by atoms with Crippen molar-refractivity contribution in [2.24, 2.45) is 0 Å². The van der Waals surface area contributed by atoms with E-state index in [4.69, 9.17) is 4.74 Å². The zero-order valence-corrected chi connectivity index (χ0v) is 15.0. The summed E-state index contributed by atoms with van der Waals surface area (Å²) in [4.78, 5) is 0.378. The molecule has 126 valence electrons. The second-order valence-electron chi connectivity index (χ2n) is 5.39. The average molecular weight is 349 g/mol. The van der Waals surface area contributed by atoms with E-state index in [1.165, 1.54) is 0 Å². The highest BCUT2D eigenvalue weighted by Gasteiger charge is 2.33. The first kappa shape index (κ1) is 19.2. The minimum atomic E-state index is -3.46. The Kier molecular flexibility index (Phi) is 7.12. The Balaban J connectivity index is 0.00000242. The lowest BCUT2D eigenvalue weighted by molar-refractivity contribution is 0.335. The van der Waals surface area contributed by atoms with Crippen LogP contribution in [0.3, 0.4) is 0 Å². The van der Waals surface area contributed by atoms with Gasteiger partial charge in [-0.2, -0.15) is 4.31 Å². The molecule has 0 radical (unpaired) electrons. The van der Waals surface area contributed by atoms with Crippen molar-refractivity contribution in [3.63, 3.8) is 0 Å². The molecular formula is C15H25ClN2O3S. The topological polar surface area (TPSA) is 58.6 Å². The molecule has 22 heavy (non-hydrogen) atoms. The highest BCUT2D eigenvalue weighted by atomic mass is 35.5. The number of rotatable bonds is 6. The third-order valence-electron chi connectivity index (χ3n) is 3.85. The highest BCUT2D eigenvalue weighted by molar-refractivity contribution is 7.89. The van der Waals surface area contributed by atoms with Gasteiger partial charge in [-0.15, -0.1) is 12.4 Å². The number of hydrogen-bond acceptors (Lipinski definition) is 4. The summed E-state index contributed by atoms with van der Waals surface area (Å²) in [5.41, 5.74) is 0.724. The Morgan fingerprint density at radius 3 is 2.64 bits per heavy atom. The van der Waals surface area contributed by atoms with E-state index < -0.39 is 10.0 Å². The van der Waals surface area contributed by atoms with Gasteiger partial charge in [-0.1, -0.05) is 6.92 Å². The summed E-state index contributed by atoms with van der Waals surface area (Å²) in [6, 6.07) is 5.17. The van der Waals surface area contributed by atoms with Crippen LogP contribution in [0.25, 0.3) is 0 Å². The Bertz CT molecular complexity index is 586. The van der Waals surface area contributed by atoms with Crippen LogP contribution >= 0.6 is 12.4 Å². The zero-order valence-electron chi connectivity index (χ0n) is 13.3. The molecule has 7 heteroatoms. The van der Waals surface area contributed by atoms with E-state index in [-0.39, 0.29) is 18.4 Å². The second kappa shape index (κ2) is 8.15. The van der Waals surface area contributed by atoms with Crippen molar-refractivity contribution in [2.75, 3.05) is 26.7 Å². The van der Waals surface area contributed by atoms with Gasteiger partial charge in [0.05, 0.1) is 12.0 Å². The van der Waals surface area contributed by atoms with Crippen molar-refractivity contribution >= 4 is 22.4 Å². The Labute approximate surface area is 139 Å². The third-order valence-corrected chi connectivity index (χ3v) is 5.97. The molecule has 1 aromatic rings. The van der Waals surface area contributed by atoms with E-state index in [0.717, 1.165) is 31.5 Å². The molecule has 1 fully saturated rings. The minimum Gasteiger partial charge on any atom is -0.497 e. The van der Waals surface area contributed by atoms with Gasteiger partial charge in [0.25, 0.3) is 0 Å². The van der Waals surface area contributed by atoms with Crippen LogP contribution in [-0.2, 0) is 10.0 Å². The molecule has 1 aliphatic rings. The fourth-order valence-electron chi connectivity index (χ4n) is 2.77. The van der Waals surface area contributed by atoms with Gasteiger partial charge in [0.15, 0.2) is 0 Å². The molecule has 0 aromatic heterocycles. The van der Waals surface area contributed by atoms with Crippen molar-refractivity contribution in [1.82, 2.24) is 9.62 Å². The first-order valence-corrected chi connectivity index (χ1v) is 8.82. The van der Waals surface area contributed by atoms with Crippen LogP contribution in [0, 0.1) is 6.92 Å². The van der Waals surface area contributed by atoms with E-state index in [0.29, 0.717) is 17.2 Å². The van der Waals surface area contributed by atoms with Crippen LogP contribution in [0.1, 0.15) is 25.3 Å². The summed E-state index contributed by atoms with van der Waals surface area (Å²) in [7, 11) is -1.88. The maximum atomic E-state index is 13.0. The quantitative estimate of drug-likeness (QED) is 0.856. The number of aryl methyl sites for hydroxylation is 1. The summed E-state index contributed by atoms with van der Waals surface area (Å²) in [5, 5.41) is 3.24. The molecule has 0 bridgehead atoms. The molecule has 0 amide bonds. The van der Waals surface area contributed by atoms with E-state index in [9.17, 15) is 8.42 Å². The van der Waals surface area contributed by atoms with E-state index >= 15 is 0 Å². The monoisotopic (exact) mass is 348 g/mol. The second-order valence-corrected chi connectivity index (χ2v) is 7.25. The molecule has 1 N–H and O–H groups in total. The van der Waals surface area contributed by atoms with Crippen molar-refractivity contribution in [3.05, 3.63) is 23.8 Å². The van der Waals surface area contributed by atoms with Crippen molar-refractivity contribution in [2.45, 2.75) is 37.6 Å². The zero-order chi connectivity index (χ0) is 15.5. The van der Waals surface area contributed by atoms with Gasteiger partial charge < -0.3 is 10.1 Å². The molecule has 1 unspecified atom stereocenters. The van der Waals surface area contributed by atoms with Gasteiger partial charge in [0, 0.05) is 19.1 Å². The van der Waals surface area contributed by atoms with Crippen molar-refractivity contribution < 1.29 is 13.2 Å². The predicted octanol–water partition coefficient (Wildman–Crippen LogP) is 2.19. The fourth-order valence-corrected chi connectivity index (χ4v) is 4.72. The van der Waals surface area contributed by atoms with Gasteiger partial charge in [0.1, 0.15) is 5.75 Å². The third kappa shape index (κ3) is 3.93. The Morgan fingerprint density at radius 2 is 2.14 bits per heavy atom. The molecule has 0 saturated carbocycles. The molecule has 1 atom stereocenters. The van der Waals surface area contributed by atoms with Gasteiger partial charge in [-0.25, -0.2) is 8.42 Å². The van der Waals surface area contributed by atoms with Crippen molar-refractivity contribution in [3.8, 4) is 5.75 Å². The summed E-state index contributed by atoms with van der Waals surface area (Å²) < 4.78 is 32.8. The lowest BCUT2D eigenvalue weighted by Gasteiger charge is -2.28. The Hall–Kier alpha value is -0.820. The SMILES string of the molecule is CCCN(C1CCNC1)S(=O)(=O)c1ccc(OC)cc1C.Cl. The predicted molar refractivity (Wildman–Crippen MR) is 90.4 cm³/mol. The molecule has 5 nitrogen and oxygen atoms in total. The molecule has 1 aromatic carbocycles. The lowest BCUT2D eigenvalue weighted by Crippen LogP contribution is -2.42. The average Bonchev–Trinajstić information content (AvgIpc) is 2.97. The van der Waals surface area contributed by atoms with Crippen LogP contribution in [0.2, 0.25) is 0 Å². The number of halogens is 1. The van der Waals surface area contributed by atoms with Gasteiger partial charge >= 0.3 is 0 Å². The maximum absolute atomic E-state index is 13.0. The first-order valence-electron chi connectivity index (χ1n) is 7.38. The minimum absolute atomic E-state index is 0. The summed E-state index contributed by atoms with van der Waals surface area (Å²) in [5.74, 6) is 0.677. The van der Waals surface area contributed by atoms with Gasteiger partial charge in [0.2, 0.25) is 10.0 Å². The number of sulfonamides is 1. The molecule has 0 spiro atoms. The van der Waals surface area contributed by atoms with Crippen LogP contribution < -0.4 is 10.1 Å². The number of methoxy groups -OCH3 is 1. The largest absolute Gasteiger partial charge is 0.497 e. The summed E-state index contributed by atoms with van der Waals surface area (Å²) in [6.45, 7) is 5.98. The number of nitrogens with zero attached hydrogens (tertiary/aromatic N) is 1. The highest BCUT2D eigenvalue weighted by Crippen LogP contribution is 2.26. The van der Waals surface area contributed by atoms with Crippen LogP contribution in [-0.4, -0.2) is 45.5 Å². The van der Waals surface area contributed by atoms with Crippen LogP contribution in [0.4, 0.5) is 0 Å². The normalized spacial score (nSPS) is 18.3. The molecule has 0 aliphatic carbocycles. The van der Waals surface area contributed by atoms with E-state index in [2.05, 4.69) is 5.32 Å². The maximum Gasteiger partial charge on any atom is 0.243 e. The Morgan fingerprint density at radius 1 is 1.41 bits per heavy atom. The number of hydrogen-bond donors (Lipinski definition) is 1. The van der Waals surface area contributed by atoms with E-state index in [1.54, 1.807) is 29.6 Å². The van der Waals surface area contributed by atoms with Crippen LogP contribution in [0.5, 0.6) is 5.75 Å². The van der Waals surface area contributed by atoms with E-state index in [1.807, 2.05) is 13.8 Å². The molecule has 1 saturated heterocycles. The summed E-state index contributed by atoms with van der Waals surface area (Å²) >= 11 is 0. The number of ether oxygens (including phenoxy) is 1. The van der Waals surface area contributed by atoms with Gasteiger partial charge in [-0.05, 0) is 50.1 Å². The van der Waals surface area contributed by atoms with Gasteiger partial charge in [-0.3, -0.25) is 0 Å². The van der Waals surface area contributed by atoms with Crippen molar-refractivity contribution in [1.29, 1.82) is 0 Å². The lowest BCUT2D eigenvalue weighted by atomic mass is 10.2. The molecule has 2 rings (SSSR count). The fraction of sp³-hybridized carbons (Fsp3) is 0.600. The first-order chi connectivity index (χ1) is 10.0. The number of benzene rings is 1. The standard InChI is InChI=1S/C15H24N2O3S.ClH/c1-4-9-17(13-7-8-16-11-13)21(18,19)15-6-5-14(20-3)10-12(15)2;/h5-6,10,13,16H,4,7-9,11H2,1-3H3;1H. The number of nitrogens with one attached hydrogen (secondary N) is 1. The smallest absolute Gasteiger partial charge is 0.243 e. The molecule has 1 aliphatic heterocycles.